The fourth-order valence-corrected chi connectivity index (χ4v) is 20.6. The van der Waals surface area contributed by atoms with E-state index in [0.29, 0.717) is 12.7 Å². The number of pyridine rings is 2. The lowest BCUT2D eigenvalue weighted by atomic mass is 10.0. The van der Waals surface area contributed by atoms with Crippen LogP contribution in [0.1, 0.15) is 18.9 Å². The van der Waals surface area contributed by atoms with Crippen LogP contribution in [-0.4, -0.2) is 70.8 Å². The molecular formula is C22H34N2O8Si4. The smallest absolute Gasteiger partial charge is 0.390 e. The van der Waals surface area contributed by atoms with Gasteiger partial charge in [0.05, 0.1) is 11.0 Å². The van der Waals surface area contributed by atoms with Gasteiger partial charge in [0.2, 0.25) is 0 Å². The molecular weight excluding hydrogens is 533 g/mol. The Balaban J connectivity index is 1.61. The van der Waals surface area contributed by atoms with Gasteiger partial charge in [-0.25, -0.2) is 0 Å². The third-order valence-electron chi connectivity index (χ3n) is 6.02. The van der Waals surface area contributed by atoms with Crippen molar-refractivity contribution >= 4 is 57.0 Å². The second-order valence-electron chi connectivity index (χ2n) is 8.92. The predicted octanol–water partition coefficient (Wildman–Crippen LogP) is 3.76. The maximum absolute atomic E-state index is 10.6. The molecule has 4 rings (SSSR count). The Labute approximate surface area is 215 Å². The first kappa shape index (κ1) is 27.6. The number of aryl methyl sites for hydroxylation is 1. The summed E-state index contributed by atoms with van der Waals surface area (Å²) < 4.78 is 42.1. The van der Waals surface area contributed by atoms with Gasteiger partial charge in [-0.05, 0) is 43.5 Å². The Kier molecular flexibility index (Phi) is 8.25. The van der Waals surface area contributed by atoms with Crippen molar-refractivity contribution in [2.24, 2.45) is 0 Å². The standard InChI is InChI=1S/C22H34N2O8Si4/c1-7-28-36(31-34(5,27-3)30-35(6,32-36)29-33(4,25)26-2)16-10-12-18-17-19-11-8-14-23-21(19)22-20(18)13-9-15-24-22/h8-9,11,13-15,17,25H,7,10,12,16H2,1-6H3. The fraction of sp³-hybridized carbons (Fsp3) is 0.455. The van der Waals surface area contributed by atoms with Gasteiger partial charge in [-0.15, -0.1) is 0 Å². The van der Waals surface area contributed by atoms with E-state index in [-0.39, 0.29) is 0 Å². The van der Waals surface area contributed by atoms with Crippen molar-refractivity contribution in [3.63, 3.8) is 0 Å². The molecule has 0 amide bonds. The van der Waals surface area contributed by atoms with Crippen LogP contribution in [0.5, 0.6) is 0 Å². The van der Waals surface area contributed by atoms with E-state index < -0.39 is 35.2 Å². The van der Waals surface area contributed by atoms with Crippen LogP contribution in [0.3, 0.4) is 0 Å². The lowest BCUT2D eigenvalue weighted by Gasteiger charge is -2.48. The number of aromatic nitrogens is 2. The Morgan fingerprint density at radius 1 is 1.00 bits per heavy atom. The SMILES string of the molecule is CCO[Si]1(CCCc2cc3cccnc3c3ncccc23)O[Si](C)(OC)O[Si](C)(O[Si](C)(O)OC)O1. The highest BCUT2D eigenvalue weighted by molar-refractivity contribution is 6.90. The lowest BCUT2D eigenvalue weighted by molar-refractivity contribution is 0.0351. The molecule has 196 valence electrons. The van der Waals surface area contributed by atoms with Gasteiger partial charge < -0.3 is 34.5 Å². The quantitative estimate of drug-likeness (QED) is 0.288. The van der Waals surface area contributed by atoms with Crippen LogP contribution < -0.4 is 0 Å². The Hall–Kier alpha value is -1.41. The highest BCUT2D eigenvalue weighted by Crippen LogP contribution is 2.37. The molecule has 10 nitrogen and oxygen atoms in total. The van der Waals surface area contributed by atoms with Gasteiger partial charge in [0.1, 0.15) is 0 Å². The largest absolute Gasteiger partial charge is 0.487 e. The zero-order chi connectivity index (χ0) is 26.0. The van der Waals surface area contributed by atoms with Gasteiger partial charge in [-0.3, -0.25) is 9.97 Å². The molecule has 0 saturated carbocycles. The van der Waals surface area contributed by atoms with Crippen LogP contribution >= 0.6 is 0 Å². The third kappa shape index (κ3) is 6.00. The van der Waals surface area contributed by atoms with Crippen molar-refractivity contribution in [2.45, 2.75) is 45.5 Å². The lowest BCUT2D eigenvalue weighted by Crippen LogP contribution is -2.73. The Morgan fingerprint density at radius 2 is 1.69 bits per heavy atom. The predicted molar refractivity (Wildman–Crippen MR) is 143 cm³/mol. The van der Waals surface area contributed by atoms with Crippen LogP contribution in [0.15, 0.2) is 42.7 Å². The van der Waals surface area contributed by atoms with Gasteiger partial charge in [-0.2, -0.15) is 0 Å². The zero-order valence-electron chi connectivity index (χ0n) is 21.6. The summed E-state index contributed by atoms with van der Waals surface area (Å²) in [4.78, 5) is 19.7. The second-order valence-corrected chi connectivity index (χ2v) is 20.4. The average molecular weight is 567 g/mol. The summed E-state index contributed by atoms with van der Waals surface area (Å²) in [6.45, 7) is 7.35. The number of nitrogens with zero attached hydrogens (tertiary/aromatic N) is 2. The van der Waals surface area contributed by atoms with Crippen LogP contribution in [0.25, 0.3) is 21.8 Å². The molecule has 1 aliphatic heterocycles. The van der Waals surface area contributed by atoms with Gasteiger partial charge in [0, 0.05) is 69.7 Å². The molecule has 1 aliphatic rings. The number of rotatable bonds is 10. The summed E-state index contributed by atoms with van der Waals surface area (Å²) in [5, 5.41) is 2.12. The van der Waals surface area contributed by atoms with Crippen molar-refractivity contribution < 1.29 is 34.5 Å². The minimum Gasteiger partial charge on any atom is -0.390 e. The minimum absolute atomic E-state index is 0.400. The van der Waals surface area contributed by atoms with Crippen LogP contribution in [0, 0.1) is 0 Å². The molecule has 4 unspecified atom stereocenters. The third-order valence-corrected chi connectivity index (χ3v) is 20.6. The topological polar surface area (TPSA) is 111 Å². The summed E-state index contributed by atoms with van der Waals surface area (Å²) in [5.41, 5.74) is 2.95. The normalized spacial score (nSPS) is 28.4. The average Bonchev–Trinajstić information content (AvgIpc) is 2.83. The molecule has 3 heterocycles. The van der Waals surface area contributed by atoms with E-state index in [2.05, 4.69) is 28.2 Å². The van der Waals surface area contributed by atoms with E-state index in [1.165, 1.54) is 19.2 Å². The maximum atomic E-state index is 10.6. The van der Waals surface area contributed by atoms with Crippen LogP contribution in [0.4, 0.5) is 0 Å². The zero-order valence-corrected chi connectivity index (χ0v) is 25.6. The molecule has 3 aromatic rings. The molecule has 1 aromatic carbocycles. The number of hydrogen-bond acceptors (Lipinski definition) is 10. The molecule has 0 spiro atoms. The number of benzene rings is 1. The summed E-state index contributed by atoms with van der Waals surface area (Å²) in [6, 6.07) is 10.7. The van der Waals surface area contributed by atoms with Crippen molar-refractivity contribution in [3.8, 4) is 0 Å². The molecule has 1 N–H and O–H groups in total. The number of hydrogen-bond donors (Lipinski definition) is 1. The molecule has 1 fully saturated rings. The minimum atomic E-state index is -3.46. The maximum Gasteiger partial charge on any atom is 0.487 e. The first-order valence-electron chi connectivity index (χ1n) is 11.9. The first-order valence-corrected chi connectivity index (χ1v) is 20.6. The molecule has 4 atom stereocenters. The van der Waals surface area contributed by atoms with E-state index in [1.807, 2.05) is 19.1 Å². The molecule has 0 bridgehead atoms. The van der Waals surface area contributed by atoms with Crippen molar-refractivity contribution in [3.05, 3.63) is 48.3 Å². The molecule has 1 saturated heterocycles. The van der Waals surface area contributed by atoms with Gasteiger partial charge in [0.15, 0.2) is 0 Å². The van der Waals surface area contributed by atoms with E-state index in [9.17, 15) is 4.80 Å². The molecule has 0 aliphatic carbocycles. The summed E-state index contributed by atoms with van der Waals surface area (Å²) in [5.74, 6) is 0. The van der Waals surface area contributed by atoms with E-state index in [1.54, 1.807) is 32.6 Å². The van der Waals surface area contributed by atoms with Crippen molar-refractivity contribution in [1.29, 1.82) is 0 Å². The second kappa shape index (κ2) is 10.8. The fourth-order valence-electron chi connectivity index (χ4n) is 4.48. The molecule has 14 heteroatoms. The van der Waals surface area contributed by atoms with Gasteiger partial charge in [0.25, 0.3) is 0 Å². The first-order chi connectivity index (χ1) is 17.1. The van der Waals surface area contributed by atoms with Crippen molar-refractivity contribution in [2.75, 3.05) is 20.8 Å². The highest BCUT2D eigenvalue weighted by atomic mass is 28.6. The summed E-state index contributed by atoms with van der Waals surface area (Å²) >= 11 is 0. The molecule has 0 radical (unpaired) electrons. The van der Waals surface area contributed by atoms with Gasteiger partial charge in [-0.1, -0.05) is 12.1 Å². The summed E-state index contributed by atoms with van der Waals surface area (Å²) in [6.07, 6.45) is 5.08. The molecule has 36 heavy (non-hydrogen) atoms. The number of fused-ring (bicyclic) bond motifs is 3. The summed E-state index contributed by atoms with van der Waals surface area (Å²) in [7, 11) is -10.4. The van der Waals surface area contributed by atoms with Crippen molar-refractivity contribution in [1.82, 2.24) is 9.97 Å². The monoisotopic (exact) mass is 566 g/mol. The van der Waals surface area contributed by atoms with E-state index in [4.69, 9.17) is 29.7 Å². The Morgan fingerprint density at radius 3 is 2.39 bits per heavy atom. The molecule has 2 aromatic heterocycles. The van der Waals surface area contributed by atoms with Gasteiger partial charge >= 0.3 is 35.2 Å². The highest BCUT2D eigenvalue weighted by Gasteiger charge is 2.65. The van der Waals surface area contributed by atoms with E-state index >= 15 is 0 Å². The Bertz CT molecular complexity index is 1220. The van der Waals surface area contributed by atoms with E-state index in [0.717, 1.165) is 34.6 Å². The van der Waals surface area contributed by atoms with Crippen LogP contribution in [-0.2, 0) is 36.2 Å². The van der Waals surface area contributed by atoms with Crippen LogP contribution in [0.2, 0.25) is 25.7 Å².